The zero-order valence-corrected chi connectivity index (χ0v) is 12.9. The normalized spacial score (nSPS) is 32.5. The molecule has 1 N–H and O–H groups in total. The zero-order chi connectivity index (χ0) is 17.0. The van der Waals surface area contributed by atoms with Crippen molar-refractivity contribution in [3.8, 4) is 5.75 Å². The lowest BCUT2D eigenvalue weighted by atomic mass is 9.79. The van der Waals surface area contributed by atoms with Crippen molar-refractivity contribution in [2.45, 2.75) is 18.9 Å². The highest BCUT2D eigenvalue weighted by Crippen LogP contribution is 2.57. The monoisotopic (exact) mass is 332 g/mol. The van der Waals surface area contributed by atoms with Gasteiger partial charge in [-0.25, -0.2) is 0 Å². The van der Waals surface area contributed by atoms with Gasteiger partial charge in [0.2, 0.25) is 5.91 Å². The minimum atomic E-state index is -0.529. The molecule has 4 rings (SSSR count). The molecule has 3 aliphatic rings. The number of rotatable bonds is 4. The van der Waals surface area contributed by atoms with E-state index in [0.29, 0.717) is 5.69 Å². The summed E-state index contributed by atoms with van der Waals surface area (Å²) in [5, 5.41) is 13.6. The van der Waals surface area contributed by atoms with Crippen LogP contribution in [-0.2, 0) is 14.3 Å². The largest absolute Gasteiger partial charge is 0.494 e. The van der Waals surface area contributed by atoms with Gasteiger partial charge in [-0.15, -0.1) is 0 Å². The molecule has 1 amide bonds. The molecule has 24 heavy (non-hydrogen) atoms. The standard InChI is InChI=1S/C16H16N2O6/c1-23-12-6-8(18(21)22)2-3-10(12)17-15(19)13-7-4-9-11(5-7)24-16(20)14(9)13/h2-3,6-7,9,11,13-14H,4-5H2,1H3,(H,17,19)/t7-,9-,11+,13-,14-/m0/s1. The highest BCUT2D eigenvalue weighted by Gasteiger charge is 2.63. The average Bonchev–Trinajstić information content (AvgIpc) is 3.16. The van der Waals surface area contributed by atoms with Gasteiger partial charge >= 0.3 is 5.97 Å². The molecular formula is C16H16N2O6. The minimum Gasteiger partial charge on any atom is -0.494 e. The summed E-state index contributed by atoms with van der Waals surface area (Å²) in [4.78, 5) is 35.0. The summed E-state index contributed by atoms with van der Waals surface area (Å²) in [5.74, 6) is -0.776. The number of nitrogens with one attached hydrogen (secondary N) is 1. The number of esters is 1. The van der Waals surface area contributed by atoms with Crippen LogP contribution in [0.2, 0.25) is 0 Å². The lowest BCUT2D eigenvalue weighted by Crippen LogP contribution is -2.35. The molecule has 2 aliphatic carbocycles. The summed E-state index contributed by atoms with van der Waals surface area (Å²) in [6.07, 6.45) is 1.56. The Balaban J connectivity index is 1.57. The molecule has 5 atom stereocenters. The summed E-state index contributed by atoms with van der Waals surface area (Å²) in [7, 11) is 1.38. The number of nitrogens with zero attached hydrogens (tertiary/aromatic N) is 1. The Morgan fingerprint density at radius 2 is 2.21 bits per heavy atom. The quantitative estimate of drug-likeness (QED) is 0.511. The molecule has 0 spiro atoms. The molecule has 1 saturated heterocycles. The van der Waals surface area contributed by atoms with E-state index in [2.05, 4.69) is 5.32 Å². The maximum absolute atomic E-state index is 12.7. The second-order valence-electron chi connectivity index (χ2n) is 6.55. The second kappa shape index (κ2) is 5.19. The van der Waals surface area contributed by atoms with Gasteiger partial charge in [0.15, 0.2) is 0 Å². The maximum Gasteiger partial charge on any atom is 0.310 e. The predicted molar refractivity (Wildman–Crippen MR) is 81.4 cm³/mol. The summed E-state index contributed by atoms with van der Waals surface area (Å²) < 4.78 is 10.5. The summed E-state index contributed by atoms with van der Waals surface area (Å²) in [5.41, 5.74) is 0.241. The van der Waals surface area contributed by atoms with Crippen LogP contribution in [-0.4, -0.2) is 30.0 Å². The molecule has 8 nitrogen and oxygen atoms in total. The Labute approximate surface area is 137 Å². The summed E-state index contributed by atoms with van der Waals surface area (Å²) >= 11 is 0. The number of nitro groups is 1. The van der Waals surface area contributed by atoms with Crippen molar-refractivity contribution < 1.29 is 24.0 Å². The zero-order valence-electron chi connectivity index (χ0n) is 12.9. The number of methoxy groups -OCH3 is 1. The molecule has 2 bridgehead atoms. The molecule has 1 aliphatic heterocycles. The molecule has 1 aromatic rings. The van der Waals surface area contributed by atoms with Crippen LogP contribution in [0.25, 0.3) is 0 Å². The van der Waals surface area contributed by atoms with Crippen molar-refractivity contribution in [1.29, 1.82) is 0 Å². The van der Waals surface area contributed by atoms with Crippen LogP contribution in [0.3, 0.4) is 0 Å². The van der Waals surface area contributed by atoms with E-state index in [1.165, 1.54) is 25.3 Å². The molecule has 126 valence electrons. The van der Waals surface area contributed by atoms with Crippen molar-refractivity contribution >= 4 is 23.3 Å². The number of hydrogen-bond acceptors (Lipinski definition) is 6. The highest BCUT2D eigenvalue weighted by atomic mass is 16.6. The van der Waals surface area contributed by atoms with Gasteiger partial charge < -0.3 is 14.8 Å². The Bertz CT molecular complexity index is 746. The van der Waals surface area contributed by atoms with Crippen molar-refractivity contribution in [2.75, 3.05) is 12.4 Å². The van der Waals surface area contributed by atoms with Gasteiger partial charge in [0.05, 0.1) is 35.6 Å². The van der Waals surface area contributed by atoms with Gasteiger partial charge in [-0.2, -0.15) is 0 Å². The fourth-order valence-corrected chi connectivity index (χ4v) is 4.48. The molecular weight excluding hydrogens is 316 g/mol. The Morgan fingerprint density at radius 3 is 2.92 bits per heavy atom. The van der Waals surface area contributed by atoms with Crippen molar-refractivity contribution in [2.24, 2.45) is 23.7 Å². The molecule has 0 unspecified atom stereocenters. The van der Waals surface area contributed by atoms with Gasteiger partial charge in [0.25, 0.3) is 5.69 Å². The number of carbonyl (C=O) groups excluding carboxylic acids is 2. The molecule has 8 heteroatoms. The van der Waals surface area contributed by atoms with E-state index in [-0.39, 0.29) is 47.2 Å². The van der Waals surface area contributed by atoms with E-state index in [4.69, 9.17) is 9.47 Å². The van der Waals surface area contributed by atoms with Crippen molar-refractivity contribution in [3.63, 3.8) is 0 Å². The summed E-state index contributed by atoms with van der Waals surface area (Å²) in [6, 6.07) is 4.01. The van der Waals surface area contributed by atoms with Crippen molar-refractivity contribution in [3.05, 3.63) is 28.3 Å². The predicted octanol–water partition coefficient (Wildman–Crippen LogP) is 1.74. The van der Waals surface area contributed by atoms with E-state index in [1.807, 2.05) is 0 Å². The van der Waals surface area contributed by atoms with Crippen LogP contribution in [0.15, 0.2) is 18.2 Å². The van der Waals surface area contributed by atoms with Crippen LogP contribution < -0.4 is 10.1 Å². The third-order valence-electron chi connectivity index (χ3n) is 5.44. The first-order chi connectivity index (χ1) is 11.5. The lowest BCUT2D eigenvalue weighted by molar-refractivity contribution is -0.384. The van der Waals surface area contributed by atoms with Gasteiger partial charge in [0, 0.05) is 12.0 Å². The first kappa shape index (κ1) is 14.9. The van der Waals surface area contributed by atoms with E-state index in [0.717, 1.165) is 12.8 Å². The first-order valence-corrected chi connectivity index (χ1v) is 7.83. The second-order valence-corrected chi connectivity index (χ2v) is 6.55. The average molecular weight is 332 g/mol. The van der Waals surface area contributed by atoms with E-state index < -0.39 is 10.8 Å². The fraction of sp³-hybridized carbons (Fsp3) is 0.500. The SMILES string of the molecule is COc1cc([N+](=O)[O-])ccc1NC(=O)[C@H]1[C@H]2C[C@@H]3[C@@H]1C(=O)O[C@@H]3C2. The highest BCUT2D eigenvalue weighted by molar-refractivity contribution is 5.98. The van der Waals surface area contributed by atoms with Crippen LogP contribution in [0, 0.1) is 33.8 Å². The third-order valence-corrected chi connectivity index (χ3v) is 5.44. The van der Waals surface area contributed by atoms with Crippen LogP contribution >= 0.6 is 0 Å². The minimum absolute atomic E-state index is 0.0227. The number of hydrogen-bond donors (Lipinski definition) is 1. The number of benzene rings is 1. The molecule has 1 heterocycles. The Hall–Kier alpha value is -2.64. The molecule has 0 aromatic heterocycles. The fourth-order valence-electron chi connectivity index (χ4n) is 4.48. The first-order valence-electron chi connectivity index (χ1n) is 7.83. The number of fused-ring (bicyclic) bond motifs is 1. The molecule has 1 aromatic carbocycles. The Kier molecular flexibility index (Phi) is 3.22. The van der Waals surface area contributed by atoms with E-state index in [1.54, 1.807) is 0 Å². The smallest absolute Gasteiger partial charge is 0.310 e. The third kappa shape index (κ3) is 2.05. The Morgan fingerprint density at radius 1 is 1.42 bits per heavy atom. The van der Waals surface area contributed by atoms with Crippen LogP contribution in [0.1, 0.15) is 12.8 Å². The lowest BCUT2D eigenvalue weighted by Gasteiger charge is -2.23. The summed E-state index contributed by atoms with van der Waals surface area (Å²) in [6.45, 7) is 0. The van der Waals surface area contributed by atoms with Gasteiger partial charge in [-0.3, -0.25) is 19.7 Å². The number of amides is 1. The van der Waals surface area contributed by atoms with Gasteiger partial charge in [-0.05, 0) is 24.8 Å². The number of non-ortho nitro benzene ring substituents is 1. The van der Waals surface area contributed by atoms with Crippen LogP contribution in [0.4, 0.5) is 11.4 Å². The molecule has 2 saturated carbocycles. The van der Waals surface area contributed by atoms with E-state index >= 15 is 0 Å². The number of anilines is 1. The maximum atomic E-state index is 12.7. The number of nitro benzene ring substituents is 1. The topological polar surface area (TPSA) is 108 Å². The number of carbonyl (C=O) groups is 2. The molecule has 0 radical (unpaired) electrons. The molecule has 3 fully saturated rings. The van der Waals surface area contributed by atoms with Crippen LogP contribution in [0.5, 0.6) is 5.75 Å². The number of ether oxygens (including phenoxy) is 2. The van der Waals surface area contributed by atoms with Gasteiger partial charge in [-0.1, -0.05) is 0 Å². The van der Waals surface area contributed by atoms with E-state index in [9.17, 15) is 19.7 Å². The van der Waals surface area contributed by atoms with Gasteiger partial charge in [0.1, 0.15) is 11.9 Å². The van der Waals surface area contributed by atoms with Crippen molar-refractivity contribution in [1.82, 2.24) is 0 Å².